The largest absolute Gasteiger partial charge is 0.384 e. The molecule has 0 spiro atoms. The molecule has 0 fully saturated rings. The quantitative estimate of drug-likeness (QED) is 0.738. The van der Waals surface area contributed by atoms with Gasteiger partial charge in [0.05, 0.1) is 12.3 Å². The molecule has 5 nitrogen and oxygen atoms in total. The van der Waals surface area contributed by atoms with E-state index in [4.69, 9.17) is 4.74 Å². The molecule has 2 N–H and O–H groups in total. The molecule has 0 unspecified atom stereocenters. The van der Waals surface area contributed by atoms with Crippen molar-refractivity contribution in [3.63, 3.8) is 0 Å². The zero-order valence-corrected chi connectivity index (χ0v) is 10.0. The van der Waals surface area contributed by atoms with Gasteiger partial charge < -0.3 is 15.0 Å². The Morgan fingerprint density at radius 3 is 2.94 bits per heavy atom. The maximum absolute atomic E-state index is 11.4. The highest BCUT2D eigenvalue weighted by Gasteiger charge is 2.02. The van der Waals surface area contributed by atoms with Crippen molar-refractivity contribution in [2.24, 2.45) is 0 Å². The molecule has 0 saturated carbocycles. The Morgan fingerprint density at radius 2 is 2.31 bits per heavy atom. The molecule has 0 aromatic carbocycles. The van der Waals surface area contributed by atoms with E-state index in [0.717, 1.165) is 5.69 Å². The number of aromatic amines is 1. The zero-order chi connectivity index (χ0) is 12.0. The third kappa shape index (κ3) is 4.55. The molecule has 1 heterocycles. The molecule has 1 rings (SSSR count). The smallest absolute Gasteiger partial charge is 0.251 e. The molecule has 0 bridgehead atoms. The van der Waals surface area contributed by atoms with E-state index < -0.39 is 0 Å². The van der Waals surface area contributed by atoms with Gasteiger partial charge in [0.1, 0.15) is 5.82 Å². The molecule has 0 saturated heterocycles. The Hall–Kier alpha value is -1.20. The van der Waals surface area contributed by atoms with Crippen LogP contribution in [-0.4, -0.2) is 29.7 Å². The first kappa shape index (κ1) is 12.9. The summed E-state index contributed by atoms with van der Waals surface area (Å²) in [6.45, 7) is 5.28. The van der Waals surface area contributed by atoms with E-state index in [9.17, 15) is 4.79 Å². The van der Waals surface area contributed by atoms with Crippen molar-refractivity contribution in [3.8, 4) is 0 Å². The lowest BCUT2D eigenvalue weighted by molar-refractivity contribution is 0.200. The van der Waals surface area contributed by atoms with Gasteiger partial charge in [-0.1, -0.05) is 13.8 Å². The van der Waals surface area contributed by atoms with Gasteiger partial charge in [0.2, 0.25) is 0 Å². The summed E-state index contributed by atoms with van der Waals surface area (Å²) in [6, 6.07) is 1.90. The average Bonchev–Trinajstić information content (AvgIpc) is 2.23. The summed E-state index contributed by atoms with van der Waals surface area (Å²) < 4.78 is 4.95. The lowest BCUT2D eigenvalue weighted by Gasteiger charge is -2.08. The van der Waals surface area contributed by atoms with E-state index in [-0.39, 0.29) is 5.56 Å². The number of rotatable bonds is 6. The monoisotopic (exact) mass is 225 g/mol. The topological polar surface area (TPSA) is 67.0 Å². The summed E-state index contributed by atoms with van der Waals surface area (Å²) in [5.41, 5.74) is 0.658. The number of hydrogen-bond donors (Lipinski definition) is 2. The predicted octanol–water partition coefficient (Wildman–Crippen LogP) is 0.457. The lowest BCUT2D eigenvalue weighted by atomic mass is 10.3. The lowest BCUT2D eigenvalue weighted by Crippen LogP contribution is -2.24. The second-order valence-electron chi connectivity index (χ2n) is 3.96. The Labute approximate surface area is 95.3 Å². The summed E-state index contributed by atoms with van der Waals surface area (Å²) in [5.74, 6) is 0.676. The van der Waals surface area contributed by atoms with Crippen LogP contribution < -0.4 is 10.9 Å². The van der Waals surface area contributed by atoms with Crippen LogP contribution in [0.2, 0.25) is 0 Å². The van der Waals surface area contributed by atoms with Crippen LogP contribution in [0.4, 0.5) is 0 Å². The molecule has 0 aliphatic carbocycles. The van der Waals surface area contributed by atoms with E-state index in [1.54, 1.807) is 7.11 Å². The highest BCUT2D eigenvalue weighted by molar-refractivity contribution is 5.03. The minimum absolute atomic E-state index is 0.110. The van der Waals surface area contributed by atoms with Crippen LogP contribution >= 0.6 is 0 Å². The molecule has 16 heavy (non-hydrogen) atoms. The first-order chi connectivity index (χ1) is 7.61. The molecule has 1 aromatic heterocycles. The zero-order valence-electron chi connectivity index (χ0n) is 10.0. The highest BCUT2D eigenvalue weighted by atomic mass is 16.5. The van der Waals surface area contributed by atoms with Crippen molar-refractivity contribution in [1.82, 2.24) is 15.3 Å². The summed E-state index contributed by atoms with van der Waals surface area (Å²) in [4.78, 5) is 18.4. The average molecular weight is 225 g/mol. The van der Waals surface area contributed by atoms with Gasteiger partial charge in [-0.2, -0.15) is 0 Å². The molecular formula is C11H19N3O2. The number of nitrogens with zero attached hydrogens (tertiary/aromatic N) is 1. The van der Waals surface area contributed by atoms with Crippen LogP contribution in [0, 0.1) is 0 Å². The van der Waals surface area contributed by atoms with Crippen LogP contribution in [0.25, 0.3) is 0 Å². The Morgan fingerprint density at radius 1 is 1.56 bits per heavy atom. The Kier molecular flexibility index (Phi) is 5.14. The first-order valence-electron chi connectivity index (χ1n) is 5.43. The summed E-state index contributed by atoms with van der Waals surface area (Å²) in [7, 11) is 1.63. The molecule has 0 aliphatic heterocycles. The van der Waals surface area contributed by atoms with E-state index in [1.807, 2.05) is 0 Å². The minimum Gasteiger partial charge on any atom is -0.384 e. The van der Waals surface area contributed by atoms with Crippen molar-refractivity contribution < 1.29 is 4.74 Å². The molecular weight excluding hydrogens is 206 g/mol. The second-order valence-corrected chi connectivity index (χ2v) is 3.96. The van der Waals surface area contributed by atoms with Crippen molar-refractivity contribution >= 4 is 0 Å². The molecule has 0 atom stereocenters. The number of H-pyrrole nitrogens is 1. The van der Waals surface area contributed by atoms with Crippen molar-refractivity contribution in [2.45, 2.75) is 32.9 Å². The van der Waals surface area contributed by atoms with Crippen molar-refractivity contribution in [2.75, 3.05) is 13.7 Å². The second kappa shape index (κ2) is 6.40. The molecule has 1 aromatic rings. The third-order valence-electron chi connectivity index (χ3n) is 2.08. The van der Waals surface area contributed by atoms with Crippen molar-refractivity contribution in [3.05, 3.63) is 27.9 Å². The van der Waals surface area contributed by atoms with Crippen LogP contribution in [0.1, 0.15) is 25.4 Å². The molecule has 0 aliphatic rings. The Bertz CT molecular complexity index is 374. The molecule has 90 valence electrons. The van der Waals surface area contributed by atoms with Crippen LogP contribution in [0.15, 0.2) is 10.9 Å². The number of methoxy groups -OCH3 is 1. The van der Waals surface area contributed by atoms with Gasteiger partial charge in [-0.05, 0) is 0 Å². The number of nitrogens with one attached hydrogen (secondary N) is 2. The van der Waals surface area contributed by atoms with Crippen molar-refractivity contribution in [1.29, 1.82) is 0 Å². The third-order valence-corrected chi connectivity index (χ3v) is 2.08. The van der Waals surface area contributed by atoms with E-state index in [2.05, 4.69) is 29.1 Å². The number of hydrogen-bond acceptors (Lipinski definition) is 4. The van der Waals surface area contributed by atoms with E-state index in [0.29, 0.717) is 31.4 Å². The minimum atomic E-state index is -0.110. The van der Waals surface area contributed by atoms with Gasteiger partial charge >= 0.3 is 0 Å². The van der Waals surface area contributed by atoms with Gasteiger partial charge in [0.15, 0.2) is 0 Å². The van der Waals surface area contributed by atoms with Crippen LogP contribution in [0.5, 0.6) is 0 Å². The first-order valence-corrected chi connectivity index (χ1v) is 5.43. The highest BCUT2D eigenvalue weighted by Crippen LogP contribution is 1.94. The number of aromatic nitrogens is 2. The Balaban J connectivity index is 2.69. The molecule has 0 radical (unpaired) electrons. The predicted molar refractivity (Wildman–Crippen MR) is 62.4 cm³/mol. The van der Waals surface area contributed by atoms with Gasteiger partial charge in [0.25, 0.3) is 5.56 Å². The fourth-order valence-electron chi connectivity index (χ4n) is 1.28. The van der Waals surface area contributed by atoms with E-state index >= 15 is 0 Å². The molecule has 0 amide bonds. The molecule has 5 heteroatoms. The van der Waals surface area contributed by atoms with E-state index in [1.165, 1.54) is 6.07 Å². The maximum atomic E-state index is 11.4. The standard InChI is InChI=1S/C11H19N3O2/c1-8(2)12-7-9-6-11(15)14-10(13-9)4-5-16-3/h6,8,12H,4-5,7H2,1-3H3,(H,13,14,15). The van der Waals surface area contributed by atoms with Crippen LogP contribution in [0.3, 0.4) is 0 Å². The van der Waals surface area contributed by atoms with Gasteiger partial charge in [-0.3, -0.25) is 4.79 Å². The van der Waals surface area contributed by atoms with Gasteiger partial charge in [0, 0.05) is 32.2 Å². The summed E-state index contributed by atoms with van der Waals surface area (Å²) >= 11 is 0. The summed E-state index contributed by atoms with van der Waals surface area (Å²) in [5, 5.41) is 3.23. The fraction of sp³-hybridized carbons (Fsp3) is 0.636. The van der Waals surface area contributed by atoms with Gasteiger partial charge in [-0.15, -0.1) is 0 Å². The maximum Gasteiger partial charge on any atom is 0.251 e. The summed E-state index contributed by atoms with van der Waals surface area (Å²) in [6.07, 6.45) is 0.626. The van der Waals surface area contributed by atoms with Crippen LogP contribution in [-0.2, 0) is 17.7 Å². The normalized spacial score (nSPS) is 11.0. The van der Waals surface area contributed by atoms with Gasteiger partial charge in [-0.25, -0.2) is 4.98 Å². The fourth-order valence-corrected chi connectivity index (χ4v) is 1.28. The number of ether oxygens (including phenoxy) is 1. The SMILES string of the molecule is COCCc1nc(CNC(C)C)cc(=O)[nH]1.